The maximum atomic E-state index is 2.47. The summed E-state index contributed by atoms with van der Waals surface area (Å²) in [6, 6.07) is 38.4. The number of aryl methyl sites for hydroxylation is 2. The Morgan fingerprint density at radius 3 is 1.88 bits per heavy atom. The molecule has 1 aliphatic rings. The first-order chi connectivity index (χ1) is 20.0. The lowest BCUT2D eigenvalue weighted by molar-refractivity contribution is 1.11. The molecule has 0 saturated carbocycles. The molecule has 7 aromatic rings. The molecule has 2 nitrogen and oxygen atoms in total. The van der Waals surface area contributed by atoms with Gasteiger partial charge in [0.1, 0.15) is 0 Å². The molecule has 0 unspecified atom stereocenters. The van der Waals surface area contributed by atoms with E-state index in [9.17, 15) is 0 Å². The van der Waals surface area contributed by atoms with Crippen molar-refractivity contribution in [3.63, 3.8) is 0 Å². The zero-order chi connectivity index (χ0) is 27.7. The van der Waals surface area contributed by atoms with E-state index in [0.717, 1.165) is 0 Å². The molecule has 1 aliphatic heterocycles. The van der Waals surface area contributed by atoms with E-state index in [1.165, 1.54) is 81.2 Å². The Morgan fingerprint density at radius 2 is 1.17 bits per heavy atom. The van der Waals surface area contributed by atoms with Crippen molar-refractivity contribution in [1.82, 2.24) is 9.13 Å². The van der Waals surface area contributed by atoms with Gasteiger partial charge in [-0.25, -0.2) is 0 Å². The van der Waals surface area contributed by atoms with Crippen LogP contribution in [0.1, 0.15) is 22.4 Å². The fourth-order valence-corrected chi connectivity index (χ4v) is 8.50. The highest BCUT2D eigenvalue weighted by atomic mass is 127. The van der Waals surface area contributed by atoms with Gasteiger partial charge in [0.25, 0.3) is 0 Å². The summed E-state index contributed by atoms with van der Waals surface area (Å²) in [5.74, 6) is 0. The molecule has 0 radical (unpaired) electrons. The predicted molar refractivity (Wildman–Crippen MR) is 193 cm³/mol. The van der Waals surface area contributed by atoms with Crippen LogP contribution in [0.15, 0.2) is 107 Å². The van der Waals surface area contributed by atoms with Crippen molar-refractivity contribution >= 4 is 86.1 Å². The summed E-state index contributed by atoms with van der Waals surface area (Å²) in [6.45, 7) is 4.36. The zero-order valence-electron chi connectivity index (χ0n) is 22.7. The molecule has 3 heterocycles. The van der Waals surface area contributed by atoms with Crippen molar-refractivity contribution in [3.8, 4) is 22.5 Å². The zero-order valence-corrected chi connectivity index (χ0v) is 27.0. The second-order valence-electron chi connectivity index (χ2n) is 10.8. The van der Waals surface area contributed by atoms with E-state index >= 15 is 0 Å². The van der Waals surface area contributed by atoms with Crippen LogP contribution < -0.4 is 0 Å². The lowest BCUT2D eigenvalue weighted by atomic mass is 10.0. The van der Waals surface area contributed by atoms with Crippen molar-refractivity contribution in [3.05, 3.63) is 133 Å². The van der Waals surface area contributed by atoms with Gasteiger partial charge < -0.3 is 9.13 Å². The van der Waals surface area contributed by atoms with Crippen molar-refractivity contribution < 1.29 is 0 Å². The van der Waals surface area contributed by atoms with Crippen LogP contribution in [0.25, 0.3) is 61.3 Å². The molecular formula is C37H26I2N2. The summed E-state index contributed by atoms with van der Waals surface area (Å²) in [4.78, 5) is 0. The van der Waals surface area contributed by atoms with Gasteiger partial charge in [-0.05, 0) is 128 Å². The molecule has 198 valence electrons. The highest BCUT2D eigenvalue weighted by Crippen LogP contribution is 2.37. The Labute approximate surface area is 262 Å². The molecule has 0 N–H and O–H groups in total. The van der Waals surface area contributed by atoms with E-state index in [1.54, 1.807) is 0 Å². The lowest BCUT2D eigenvalue weighted by Crippen LogP contribution is -1.99. The number of fused-ring (bicyclic) bond motifs is 6. The number of aromatic nitrogens is 2. The monoisotopic (exact) mass is 752 g/mol. The second kappa shape index (κ2) is 9.81. The minimum atomic E-state index is -0.0329. The Kier molecular flexibility index (Phi) is 6.04. The fraction of sp³-hybridized carbons (Fsp3) is 0.0541. The SMILES string of the molecule is Cc1ccc2c(c1)c1c(n2-c2cccc(-c3cccc(-n4c5ccc(C)cc5c5cc(I)ccc54)c3)c2)C=CI=C1. The average Bonchev–Trinajstić information content (AvgIpc) is 3.49. The first-order valence-electron chi connectivity index (χ1n) is 13.7. The number of benzene rings is 5. The van der Waals surface area contributed by atoms with Crippen LogP contribution in [0, 0.1) is 17.4 Å². The van der Waals surface area contributed by atoms with Crippen LogP contribution >= 0.6 is 43.3 Å². The van der Waals surface area contributed by atoms with Crippen molar-refractivity contribution in [1.29, 1.82) is 0 Å². The van der Waals surface area contributed by atoms with Gasteiger partial charge in [0.05, 0.1) is 22.2 Å². The third-order valence-corrected chi connectivity index (χ3v) is 10.5. The van der Waals surface area contributed by atoms with E-state index in [0.29, 0.717) is 0 Å². The standard InChI is InChI=1S/C37H26I2N2/c1-23-9-12-34-30(17-23)32-21-27(38)11-14-36(32)40(34)28-7-3-5-25(19-28)26-6-4-8-29(20-26)41-35-13-10-24(2)18-31(35)33-22-39-16-15-37(33)41/h3-22H,1-2H3. The van der Waals surface area contributed by atoms with Crippen LogP contribution in [-0.2, 0) is 0 Å². The molecule has 5 aromatic carbocycles. The third kappa shape index (κ3) is 4.14. The summed E-state index contributed by atoms with van der Waals surface area (Å²) >= 11 is 2.38. The molecule has 2 aromatic heterocycles. The van der Waals surface area contributed by atoms with Crippen LogP contribution in [0.4, 0.5) is 0 Å². The summed E-state index contributed by atoms with van der Waals surface area (Å²) in [7, 11) is 0. The van der Waals surface area contributed by atoms with E-state index in [2.05, 4.69) is 163 Å². The lowest BCUT2D eigenvalue weighted by Gasteiger charge is -2.13. The second-order valence-corrected chi connectivity index (χ2v) is 14.1. The molecule has 0 fully saturated rings. The first kappa shape index (κ1) is 25.2. The fourth-order valence-electron chi connectivity index (χ4n) is 6.24. The quantitative estimate of drug-likeness (QED) is 0.159. The van der Waals surface area contributed by atoms with Gasteiger partial charge in [0.15, 0.2) is 0 Å². The molecule has 4 heteroatoms. The minimum absolute atomic E-state index is 0.0329. The normalized spacial score (nSPS) is 12.8. The summed E-state index contributed by atoms with van der Waals surface area (Å²) in [5, 5.41) is 3.96. The van der Waals surface area contributed by atoms with Crippen LogP contribution in [0.3, 0.4) is 0 Å². The molecule has 0 aliphatic carbocycles. The van der Waals surface area contributed by atoms with Gasteiger partial charge in [-0.2, -0.15) is 0 Å². The average molecular weight is 752 g/mol. The van der Waals surface area contributed by atoms with Gasteiger partial charge in [0.2, 0.25) is 0 Å². The maximum absolute atomic E-state index is 2.47. The molecule has 0 bridgehead atoms. The Morgan fingerprint density at radius 1 is 0.585 bits per heavy atom. The van der Waals surface area contributed by atoms with Crippen molar-refractivity contribution in [2.75, 3.05) is 0 Å². The first-order valence-corrected chi connectivity index (χ1v) is 17.3. The van der Waals surface area contributed by atoms with E-state index in [4.69, 9.17) is 0 Å². The van der Waals surface area contributed by atoms with Gasteiger partial charge in [0, 0.05) is 36.7 Å². The molecule has 41 heavy (non-hydrogen) atoms. The van der Waals surface area contributed by atoms with Crippen molar-refractivity contribution in [2.45, 2.75) is 13.8 Å². The molecule has 0 spiro atoms. The molecular weight excluding hydrogens is 726 g/mol. The largest absolute Gasteiger partial charge is 0.309 e. The minimum Gasteiger partial charge on any atom is -0.309 e. The van der Waals surface area contributed by atoms with E-state index < -0.39 is 0 Å². The Hall–Kier alpha value is -3.49. The summed E-state index contributed by atoms with van der Waals surface area (Å²) < 4.78 is 10.9. The molecule has 8 rings (SSSR count). The molecule has 0 saturated heterocycles. The van der Waals surface area contributed by atoms with Gasteiger partial charge in [-0.1, -0.05) is 68.3 Å². The number of rotatable bonds is 3. The molecule has 0 amide bonds. The van der Waals surface area contributed by atoms with E-state index in [1.807, 2.05) is 0 Å². The molecule has 0 atom stereocenters. The number of nitrogens with zero attached hydrogens (tertiary/aromatic N) is 2. The smallest absolute Gasteiger partial charge is 0.0549 e. The number of hydrogen-bond acceptors (Lipinski definition) is 0. The highest BCUT2D eigenvalue weighted by Gasteiger charge is 2.18. The highest BCUT2D eigenvalue weighted by molar-refractivity contribution is 14.2. The Balaban J connectivity index is 1.30. The van der Waals surface area contributed by atoms with Gasteiger partial charge in [-0.15, -0.1) is 0 Å². The van der Waals surface area contributed by atoms with Gasteiger partial charge in [-0.3, -0.25) is 0 Å². The topological polar surface area (TPSA) is 9.86 Å². The number of halogens is 2. The predicted octanol–water partition coefficient (Wildman–Crippen LogP) is 10.7. The number of hydrogen-bond donors (Lipinski definition) is 0. The van der Waals surface area contributed by atoms with Gasteiger partial charge >= 0.3 is 0 Å². The van der Waals surface area contributed by atoms with Crippen molar-refractivity contribution in [2.24, 2.45) is 0 Å². The van der Waals surface area contributed by atoms with E-state index in [-0.39, 0.29) is 20.7 Å². The van der Waals surface area contributed by atoms with Crippen LogP contribution in [-0.4, -0.2) is 13.1 Å². The summed E-state index contributed by atoms with van der Waals surface area (Å²) in [6.07, 6.45) is 2.33. The Bertz CT molecular complexity index is 2180. The van der Waals surface area contributed by atoms with Crippen LogP contribution in [0.2, 0.25) is 0 Å². The summed E-state index contributed by atoms with van der Waals surface area (Å²) in [5.41, 5.74) is 13.8. The van der Waals surface area contributed by atoms with Crippen LogP contribution in [0.5, 0.6) is 0 Å². The maximum Gasteiger partial charge on any atom is 0.0549 e. The third-order valence-electron chi connectivity index (χ3n) is 8.09.